The van der Waals surface area contributed by atoms with E-state index >= 15 is 0 Å². The molecule has 0 unspecified atom stereocenters. The van der Waals surface area contributed by atoms with E-state index in [4.69, 9.17) is 0 Å². The Bertz CT molecular complexity index is 423. The molecule has 6 heteroatoms. The highest BCUT2D eigenvalue weighted by Gasteiger charge is 2.25. The van der Waals surface area contributed by atoms with Gasteiger partial charge in [0.05, 0.1) is 11.3 Å². The molecule has 0 aliphatic heterocycles. The van der Waals surface area contributed by atoms with Crippen molar-refractivity contribution in [1.29, 1.82) is 0 Å². The van der Waals surface area contributed by atoms with Gasteiger partial charge in [0.25, 0.3) is 0 Å². The van der Waals surface area contributed by atoms with Crippen LogP contribution in [0.1, 0.15) is 31.7 Å². The van der Waals surface area contributed by atoms with Crippen LogP contribution in [-0.2, 0) is 17.8 Å². The zero-order valence-corrected chi connectivity index (χ0v) is 9.69. The first-order chi connectivity index (χ1) is 7.51. The predicted molar refractivity (Wildman–Crippen MR) is 58.3 cm³/mol. The molecule has 0 spiro atoms. The maximum absolute atomic E-state index is 11.4. The number of carbonyl (C=O) groups is 1. The van der Waals surface area contributed by atoms with E-state index < -0.39 is 4.92 Å². The van der Waals surface area contributed by atoms with E-state index in [-0.39, 0.29) is 17.9 Å². The molecule has 0 bridgehead atoms. The minimum absolute atomic E-state index is 0.0160. The molecule has 0 saturated carbocycles. The van der Waals surface area contributed by atoms with Crippen molar-refractivity contribution in [3.8, 4) is 0 Å². The van der Waals surface area contributed by atoms with Crippen LogP contribution in [0, 0.1) is 17.0 Å². The molecule has 1 rings (SSSR count). The Morgan fingerprint density at radius 2 is 2.12 bits per heavy atom. The fourth-order valence-corrected chi connectivity index (χ4v) is 1.61. The summed E-state index contributed by atoms with van der Waals surface area (Å²) in [7, 11) is 0. The van der Waals surface area contributed by atoms with Gasteiger partial charge < -0.3 is 0 Å². The van der Waals surface area contributed by atoms with Crippen molar-refractivity contribution in [1.82, 2.24) is 9.78 Å². The minimum atomic E-state index is -0.466. The number of Topliss-reactive ketones (excluding diaryl/α,β-unsaturated/α-hetero) is 1. The van der Waals surface area contributed by atoms with Gasteiger partial charge in [0.2, 0.25) is 0 Å². The second-order valence-electron chi connectivity index (χ2n) is 3.52. The molecule has 6 nitrogen and oxygen atoms in total. The van der Waals surface area contributed by atoms with Gasteiger partial charge in [-0.15, -0.1) is 0 Å². The third-order valence-corrected chi connectivity index (χ3v) is 2.44. The van der Waals surface area contributed by atoms with Crippen molar-refractivity contribution in [2.45, 2.75) is 40.2 Å². The molecule has 0 aliphatic carbocycles. The monoisotopic (exact) mass is 225 g/mol. The maximum atomic E-state index is 11.4. The molecule has 1 aromatic heterocycles. The fourth-order valence-electron chi connectivity index (χ4n) is 1.61. The number of carbonyl (C=O) groups excluding carboxylic acids is 1. The van der Waals surface area contributed by atoms with E-state index in [1.807, 2.05) is 6.92 Å². The Morgan fingerprint density at radius 3 is 2.56 bits per heavy atom. The van der Waals surface area contributed by atoms with Crippen molar-refractivity contribution >= 4 is 11.5 Å². The van der Waals surface area contributed by atoms with Gasteiger partial charge in [-0.05, 0) is 13.8 Å². The van der Waals surface area contributed by atoms with Gasteiger partial charge in [0, 0.05) is 13.0 Å². The maximum Gasteiger partial charge on any atom is 0.313 e. The molecule has 0 atom stereocenters. The van der Waals surface area contributed by atoms with Crippen LogP contribution in [0.2, 0.25) is 0 Å². The summed E-state index contributed by atoms with van der Waals surface area (Å²) in [6.07, 6.45) is 0.465. The lowest BCUT2D eigenvalue weighted by molar-refractivity contribution is -0.386. The van der Waals surface area contributed by atoms with Gasteiger partial charge in [0.15, 0.2) is 0 Å². The van der Waals surface area contributed by atoms with Crippen molar-refractivity contribution in [3.05, 3.63) is 21.5 Å². The van der Waals surface area contributed by atoms with E-state index in [1.54, 1.807) is 13.8 Å². The van der Waals surface area contributed by atoms with Crippen LogP contribution in [0.5, 0.6) is 0 Å². The topological polar surface area (TPSA) is 78.0 Å². The number of nitrogens with zero attached hydrogens (tertiary/aromatic N) is 3. The zero-order valence-electron chi connectivity index (χ0n) is 9.69. The molecule has 0 saturated heterocycles. The van der Waals surface area contributed by atoms with E-state index in [0.29, 0.717) is 24.4 Å². The molecule has 0 aromatic carbocycles. The Labute approximate surface area is 93.4 Å². The lowest BCUT2D eigenvalue weighted by Gasteiger charge is -2.02. The predicted octanol–water partition coefficient (Wildman–Crippen LogP) is 1.64. The summed E-state index contributed by atoms with van der Waals surface area (Å²) < 4.78 is 1.53. The second-order valence-corrected chi connectivity index (χ2v) is 3.52. The number of aryl methyl sites for hydroxylation is 2. The number of aromatic nitrogens is 2. The van der Waals surface area contributed by atoms with Crippen molar-refractivity contribution in [2.75, 3.05) is 0 Å². The Morgan fingerprint density at radius 1 is 1.50 bits per heavy atom. The lowest BCUT2D eigenvalue weighted by atomic mass is 10.1. The summed E-state index contributed by atoms with van der Waals surface area (Å²) in [6, 6.07) is 0. The van der Waals surface area contributed by atoms with Crippen LogP contribution < -0.4 is 0 Å². The van der Waals surface area contributed by atoms with Crippen LogP contribution in [0.4, 0.5) is 5.69 Å². The Hall–Kier alpha value is -1.72. The smallest absolute Gasteiger partial charge is 0.299 e. The van der Waals surface area contributed by atoms with Crippen LogP contribution in [-0.4, -0.2) is 20.5 Å². The quantitative estimate of drug-likeness (QED) is 0.563. The molecular weight excluding hydrogens is 210 g/mol. The number of hydrogen-bond donors (Lipinski definition) is 0. The third kappa shape index (κ3) is 2.26. The second kappa shape index (κ2) is 4.87. The highest BCUT2D eigenvalue weighted by atomic mass is 16.6. The molecular formula is C10H15N3O3. The summed E-state index contributed by atoms with van der Waals surface area (Å²) in [5.74, 6) is -0.0160. The highest BCUT2D eigenvalue weighted by molar-refractivity contribution is 5.81. The summed E-state index contributed by atoms with van der Waals surface area (Å²) in [5, 5.41) is 14.9. The Balaban J connectivity index is 3.21. The summed E-state index contributed by atoms with van der Waals surface area (Å²) in [4.78, 5) is 21.8. The van der Waals surface area contributed by atoms with Crippen molar-refractivity contribution in [2.24, 2.45) is 0 Å². The first-order valence-electron chi connectivity index (χ1n) is 5.23. The number of rotatable bonds is 5. The molecule has 1 heterocycles. The van der Waals surface area contributed by atoms with Gasteiger partial charge >= 0.3 is 5.69 Å². The van der Waals surface area contributed by atoms with Gasteiger partial charge in [-0.3, -0.25) is 19.6 Å². The van der Waals surface area contributed by atoms with Crippen molar-refractivity contribution < 1.29 is 9.72 Å². The first-order valence-corrected chi connectivity index (χ1v) is 5.23. The number of hydrogen-bond acceptors (Lipinski definition) is 4. The van der Waals surface area contributed by atoms with Crippen LogP contribution >= 0.6 is 0 Å². The molecule has 0 aliphatic rings. The number of nitro groups is 1. The van der Waals surface area contributed by atoms with Gasteiger partial charge in [0.1, 0.15) is 17.2 Å². The molecule has 0 fully saturated rings. The molecule has 0 radical (unpaired) electrons. The van der Waals surface area contributed by atoms with Gasteiger partial charge in [-0.1, -0.05) is 6.92 Å². The van der Waals surface area contributed by atoms with Gasteiger partial charge in [-0.25, -0.2) is 0 Å². The van der Waals surface area contributed by atoms with Crippen LogP contribution in [0.25, 0.3) is 0 Å². The van der Waals surface area contributed by atoms with E-state index in [2.05, 4.69) is 5.10 Å². The largest absolute Gasteiger partial charge is 0.313 e. The molecule has 1 aromatic rings. The van der Waals surface area contributed by atoms with E-state index in [0.717, 1.165) is 0 Å². The summed E-state index contributed by atoms with van der Waals surface area (Å²) in [5.41, 5.74) is 0.756. The third-order valence-electron chi connectivity index (χ3n) is 2.44. The normalized spacial score (nSPS) is 10.4. The fraction of sp³-hybridized carbons (Fsp3) is 0.600. The zero-order chi connectivity index (χ0) is 12.3. The molecule has 88 valence electrons. The minimum Gasteiger partial charge on any atom is -0.299 e. The highest BCUT2D eigenvalue weighted by Crippen LogP contribution is 2.23. The number of ketones is 1. The van der Waals surface area contributed by atoms with Crippen molar-refractivity contribution in [3.63, 3.8) is 0 Å². The summed E-state index contributed by atoms with van der Waals surface area (Å²) >= 11 is 0. The average Bonchev–Trinajstić information content (AvgIpc) is 2.54. The average molecular weight is 225 g/mol. The Kier molecular flexibility index (Phi) is 3.76. The summed E-state index contributed by atoms with van der Waals surface area (Å²) in [6.45, 7) is 5.70. The first kappa shape index (κ1) is 12.4. The standard InChI is InChI=1S/C10H15N3O3/c1-4-8(14)6-9-10(13(15)16)7(3)11-12(9)5-2/h4-6H2,1-3H3. The molecule has 0 N–H and O–H groups in total. The van der Waals surface area contributed by atoms with Crippen LogP contribution in [0.3, 0.4) is 0 Å². The SMILES string of the molecule is CCC(=O)Cc1c([N+](=O)[O-])c(C)nn1CC. The van der Waals surface area contributed by atoms with Gasteiger partial charge in [-0.2, -0.15) is 5.10 Å². The van der Waals surface area contributed by atoms with E-state index in [9.17, 15) is 14.9 Å². The lowest BCUT2D eigenvalue weighted by Crippen LogP contribution is -2.10. The molecule has 0 amide bonds. The molecule has 16 heavy (non-hydrogen) atoms. The van der Waals surface area contributed by atoms with Crippen LogP contribution in [0.15, 0.2) is 0 Å². The van der Waals surface area contributed by atoms with E-state index in [1.165, 1.54) is 4.68 Å².